The maximum absolute atomic E-state index is 12.5. The van der Waals surface area contributed by atoms with Crippen molar-refractivity contribution in [2.24, 2.45) is 0 Å². The minimum absolute atomic E-state index is 0.0367. The van der Waals surface area contributed by atoms with Gasteiger partial charge in [-0.25, -0.2) is 0 Å². The van der Waals surface area contributed by atoms with Crippen molar-refractivity contribution >= 4 is 11.9 Å². The van der Waals surface area contributed by atoms with E-state index in [1.807, 2.05) is 0 Å². The lowest BCUT2D eigenvalue weighted by atomic mass is 10.0. The highest BCUT2D eigenvalue weighted by Crippen LogP contribution is 2.18. The fourth-order valence-corrected chi connectivity index (χ4v) is 10.2. The Kier molecular flexibility index (Phi) is 61.0. The largest absolute Gasteiger partial charge is 0.465 e. The third kappa shape index (κ3) is 59.2. The first-order valence-corrected chi connectivity index (χ1v) is 32.7. The molecule has 0 aromatic carbocycles. The van der Waals surface area contributed by atoms with Gasteiger partial charge in [-0.15, -0.1) is 0 Å². The highest BCUT2D eigenvalue weighted by molar-refractivity contribution is 5.76. The van der Waals surface area contributed by atoms with Gasteiger partial charge in [-0.2, -0.15) is 0 Å². The number of aliphatic hydroxyl groups is 2. The van der Waals surface area contributed by atoms with Gasteiger partial charge in [0.25, 0.3) is 0 Å². The van der Waals surface area contributed by atoms with Gasteiger partial charge in [0.15, 0.2) is 0 Å². The van der Waals surface area contributed by atoms with Crippen LogP contribution < -0.4 is 5.32 Å². The van der Waals surface area contributed by atoms with Gasteiger partial charge < -0.3 is 20.3 Å². The Balaban J connectivity index is 3.45. The summed E-state index contributed by atoms with van der Waals surface area (Å²) in [6.07, 6.45) is 78.9. The van der Waals surface area contributed by atoms with E-state index in [1.54, 1.807) is 0 Å². The van der Waals surface area contributed by atoms with E-state index < -0.39 is 12.1 Å². The van der Waals surface area contributed by atoms with Crippen molar-refractivity contribution in [3.8, 4) is 0 Å². The molecule has 73 heavy (non-hydrogen) atoms. The van der Waals surface area contributed by atoms with Gasteiger partial charge in [-0.05, 0) is 70.6 Å². The lowest BCUT2D eigenvalue weighted by Crippen LogP contribution is -2.45. The summed E-state index contributed by atoms with van der Waals surface area (Å²) in [5, 5.41) is 23.4. The van der Waals surface area contributed by atoms with E-state index in [9.17, 15) is 19.8 Å². The monoisotopic (exact) mass is 1030 g/mol. The smallest absolute Gasteiger partial charge is 0.305 e. The number of nitrogens with one attached hydrogen (secondary N) is 1. The highest BCUT2D eigenvalue weighted by Gasteiger charge is 2.20. The lowest BCUT2D eigenvalue weighted by molar-refractivity contribution is -0.143. The van der Waals surface area contributed by atoms with Crippen LogP contribution in [0.1, 0.15) is 354 Å². The molecule has 0 bridgehead atoms. The molecule has 430 valence electrons. The Morgan fingerprint density at radius 2 is 0.685 bits per heavy atom. The molecule has 0 spiro atoms. The summed E-state index contributed by atoms with van der Waals surface area (Å²) in [5.74, 6) is -0.0800. The van der Waals surface area contributed by atoms with Crippen LogP contribution >= 0.6 is 0 Å². The predicted octanol–water partition coefficient (Wildman–Crippen LogP) is 20.8. The summed E-state index contributed by atoms with van der Waals surface area (Å²) >= 11 is 0. The predicted molar refractivity (Wildman–Crippen MR) is 319 cm³/mol. The Morgan fingerprint density at radius 1 is 0.384 bits per heavy atom. The van der Waals surface area contributed by atoms with Crippen molar-refractivity contribution in [1.29, 1.82) is 0 Å². The van der Waals surface area contributed by atoms with E-state index in [0.29, 0.717) is 25.9 Å². The zero-order valence-electron chi connectivity index (χ0n) is 49.1. The Bertz CT molecular complexity index is 1180. The molecule has 0 fully saturated rings. The summed E-state index contributed by atoms with van der Waals surface area (Å²) in [4.78, 5) is 24.5. The molecule has 0 aliphatic heterocycles. The van der Waals surface area contributed by atoms with E-state index in [2.05, 4.69) is 55.6 Å². The van der Waals surface area contributed by atoms with Crippen molar-refractivity contribution < 1.29 is 24.5 Å². The SMILES string of the molecule is CCCCCCC/C=C\CCCCCCCC(=O)OCC/C=C\C/C=C\CCCCCCCCCCCCCCCCC(=O)NC(CO)C(O)CCCCCCCCCCCCCCCCCCCCCCC. The minimum atomic E-state index is -0.669. The van der Waals surface area contributed by atoms with Gasteiger partial charge in [0.05, 0.1) is 25.4 Å². The van der Waals surface area contributed by atoms with Crippen LogP contribution in [0.4, 0.5) is 0 Å². The molecule has 0 saturated heterocycles. The molecule has 0 heterocycles. The van der Waals surface area contributed by atoms with Gasteiger partial charge in [-0.3, -0.25) is 9.59 Å². The van der Waals surface area contributed by atoms with Crippen LogP contribution in [0.2, 0.25) is 0 Å². The molecule has 1 amide bonds. The van der Waals surface area contributed by atoms with Crippen molar-refractivity contribution in [2.75, 3.05) is 13.2 Å². The molecule has 6 nitrogen and oxygen atoms in total. The maximum atomic E-state index is 12.5. The molecular formula is C67H127NO5. The molecule has 6 heteroatoms. The van der Waals surface area contributed by atoms with Gasteiger partial charge in [0, 0.05) is 12.8 Å². The summed E-state index contributed by atoms with van der Waals surface area (Å²) in [6.45, 7) is 4.85. The second-order valence-electron chi connectivity index (χ2n) is 22.4. The Labute approximate surface area is 455 Å². The number of allylic oxidation sites excluding steroid dienone is 5. The first-order valence-electron chi connectivity index (χ1n) is 32.7. The Hall–Kier alpha value is -1.92. The first kappa shape index (κ1) is 71.1. The van der Waals surface area contributed by atoms with Crippen LogP contribution in [0.3, 0.4) is 0 Å². The fourth-order valence-electron chi connectivity index (χ4n) is 10.2. The van der Waals surface area contributed by atoms with Crippen molar-refractivity contribution in [1.82, 2.24) is 5.32 Å². The molecule has 0 aliphatic carbocycles. The average Bonchev–Trinajstić information content (AvgIpc) is 3.39. The zero-order chi connectivity index (χ0) is 52.9. The molecule has 2 unspecified atom stereocenters. The van der Waals surface area contributed by atoms with Gasteiger partial charge in [0.2, 0.25) is 5.91 Å². The van der Waals surface area contributed by atoms with E-state index in [1.165, 1.54) is 270 Å². The molecule has 0 rings (SSSR count). The molecule has 0 aliphatic rings. The minimum Gasteiger partial charge on any atom is -0.465 e. The number of hydrogen-bond acceptors (Lipinski definition) is 5. The first-order chi connectivity index (χ1) is 36.0. The second kappa shape index (κ2) is 62.6. The van der Waals surface area contributed by atoms with Crippen molar-refractivity contribution in [3.63, 3.8) is 0 Å². The molecular weight excluding hydrogens is 899 g/mol. The number of ether oxygens (including phenoxy) is 1. The van der Waals surface area contributed by atoms with Crippen molar-refractivity contribution in [3.05, 3.63) is 36.5 Å². The molecule has 0 aromatic heterocycles. The third-order valence-corrected chi connectivity index (χ3v) is 15.2. The van der Waals surface area contributed by atoms with Crippen LogP contribution in [0.5, 0.6) is 0 Å². The number of esters is 1. The zero-order valence-corrected chi connectivity index (χ0v) is 49.1. The maximum Gasteiger partial charge on any atom is 0.305 e. The molecule has 0 radical (unpaired) electrons. The summed E-state index contributed by atoms with van der Waals surface area (Å²) < 4.78 is 5.41. The van der Waals surface area contributed by atoms with Crippen LogP contribution in [-0.2, 0) is 14.3 Å². The molecule has 3 N–H and O–H groups in total. The average molecular weight is 1030 g/mol. The number of hydrogen-bond donors (Lipinski definition) is 3. The van der Waals surface area contributed by atoms with Gasteiger partial charge in [0.1, 0.15) is 0 Å². The van der Waals surface area contributed by atoms with Gasteiger partial charge >= 0.3 is 5.97 Å². The van der Waals surface area contributed by atoms with E-state index >= 15 is 0 Å². The summed E-state index contributed by atoms with van der Waals surface area (Å²) in [7, 11) is 0. The van der Waals surface area contributed by atoms with E-state index in [-0.39, 0.29) is 18.5 Å². The normalized spacial score (nSPS) is 12.8. The quantitative estimate of drug-likeness (QED) is 0.0320. The van der Waals surface area contributed by atoms with Gasteiger partial charge in [-0.1, -0.05) is 307 Å². The topological polar surface area (TPSA) is 95.9 Å². The van der Waals surface area contributed by atoms with Crippen LogP contribution in [-0.4, -0.2) is 47.4 Å². The molecule has 2 atom stereocenters. The van der Waals surface area contributed by atoms with Crippen LogP contribution in [0, 0.1) is 0 Å². The van der Waals surface area contributed by atoms with E-state index in [4.69, 9.17) is 4.74 Å². The number of amides is 1. The van der Waals surface area contributed by atoms with Crippen LogP contribution in [0.25, 0.3) is 0 Å². The Morgan fingerprint density at radius 3 is 1.05 bits per heavy atom. The second-order valence-corrected chi connectivity index (χ2v) is 22.4. The third-order valence-electron chi connectivity index (χ3n) is 15.2. The number of unbranched alkanes of at least 4 members (excludes halogenated alkanes) is 44. The number of aliphatic hydroxyl groups excluding tert-OH is 2. The standard InChI is InChI=1S/C67H127NO5/c1-3-5-7-9-11-13-15-17-19-20-21-23-26-29-32-35-39-43-47-51-55-59-65(70)64(63-69)68-66(71)60-56-52-48-44-40-36-33-30-27-24-22-25-28-31-34-38-42-46-50-54-58-62-73-67(72)61-57-53-49-45-41-37-18-16-14-12-10-8-6-4-2/h16,18,38,42,50,54,64-65,69-70H,3-15,17,19-37,39-41,43-49,51-53,55-63H2,1-2H3,(H,68,71)/b18-16-,42-38-,54-50-. The highest BCUT2D eigenvalue weighted by atomic mass is 16.5. The van der Waals surface area contributed by atoms with E-state index in [0.717, 1.165) is 51.4 Å². The molecule has 0 aromatic rings. The van der Waals surface area contributed by atoms with Crippen LogP contribution in [0.15, 0.2) is 36.5 Å². The number of carbonyl (C=O) groups is 2. The molecule has 0 saturated carbocycles. The summed E-state index contributed by atoms with van der Waals surface area (Å²) in [6, 6.07) is -0.547. The fraction of sp³-hybridized carbons (Fsp3) is 0.881. The summed E-state index contributed by atoms with van der Waals surface area (Å²) in [5.41, 5.74) is 0. The van der Waals surface area contributed by atoms with Crippen molar-refractivity contribution in [2.45, 2.75) is 366 Å². The number of rotatable bonds is 61. The lowest BCUT2D eigenvalue weighted by Gasteiger charge is -2.22. The number of carbonyl (C=O) groups excluding carboxylic acids is 2.